The monoisotopic (exact) mass is 544 g/mol. The van der Waals surface area contributed by atoms with Gasteiger partial charge in [0, 0.05) is 11.1 Å². The Bertz CT molecular complexity index is 1350. The molecule has 0 heterocycles. The second kappa shape index (κ2) is 12.9. The van der Waals surface area contributed by atoms with Crippen LogP contribution >= 0.6 is 0 Å². The maximum absolute atomic E-state index is 15.3. The molecule has 3 aromatic carbocycles. The highest BCUT2D eigenvalue weighted by molar-refractivity contribution is 5.74. The van der Waals surface area contributed by atoms with Crippen LogP contribution in [0.5, 0.6) is 5.75 Å². The van der Waals surface area contributed by atoms with Crippen LogP contribution in [0.25, 0.3) is 27.8 Å². The fourth-order valence-corrected chi connectivity index (χ4v) is 6.65. The number of ether oxygens (including phenoxy) is 1. The first-order valence-electron chi connectivity index (χ1n) is 14.8. The Balaban J connectivity index is 1.23. The van der Waals surface area contributed by atoms with E-state index in [-0.39, 0.29) is 23.7 Å². The van der Waals surface area contributed by atoms with Crippen LogP contribution in [-0.2, 0) is 0 Å². The van der Waals surface area contributed by atoms with E-state index in [1.807, 2.05) is 30.3 Å². The quantitative estimate of drug-likeness (QED) is 0.243. The Labute approximate surface area is 236 Å². The summed E-state index contributed by atoms with van der Waals surface area (Å²) in [5.41, 5.74) is 4.10. The maximum atomic E-state index is 15.3. The number of allylic oxidation sites excluding steroid dienone is 3. The van der Waals surface area contributed by atoms with Crippen LogP contribution < -0.4 is 4.74 Å². The summed E-state index contributed by atoms with van der Waals surface area (Å²) < 4.78 is 49.4. The van der Waals surface area contributed by atoms with Crippen molar-refractivity contribution in [3.05, 3.63) is 96.3 Å². The molecule has 0 aliphatic heterocycles. The lowest BCUT2D eigenvalue weighted by atomic mass is 9.70. The molecule has 0 bridgehead atoms. The first-order chi connectivity index (χ1) is 19.5. The lowest BCUT2D eigenvalue weighted by molar-refractivity contribution is 0.190. The van der Waals surface area contributed by atoms with Crippen LogP contribution in [0, 0.1) is 35.2 Å². The molecule has 0 spiro atoms. The first kappa shape index (κ1) is 28.3. The zero-order valence-corrected chi connectivity index (χ0v) is 23.4. The number of rotatable bonds is 9. The largest absolute Gasteiger partial charge is 0.491 e. The van der Waals surface area contributed by atoms with Gasteiger partial charge in [-0.2, -0.15) is 4.39 Å². The summed E-state index contributed by atoms with van der Waals surface area (Å²) in [5, 5.41) is 0. The van der Waals surface area contributed by atoms with Gasteiger partial charge in [-0.25, -0.2) is 8.78 Å². The minimum atomic E-state index is -0.990. The molecule has 1 unspecified atom stereocenters. The molecule has 0 amide bonds. The Morgan fingerprint density at radius 3 is 2.15 bits per heavy atom. The summed E-state index contributed by atoms with van der Waals surface area (Å²) in [5.74, 6) is 0.155. The van der Waals surface area contributed by atoms with E-state index in [2.05, 4.69) is 12.7 Å². The minimum absolute atomic E-state index is 0.0958. The Morgan fingerprint density at radius 2 is 1.50 bits per heavy atom. The van der Waals surface area contributed by atoms with Gasteiger partial charge in [-0.3, -0.25) is 0 Å². The summed E-state index contributed by atoms with van der Waals surface area (Å²) >= 11 is 0. The van der Waals surface area contributed by atoms with Crippen LogP contribution in [0.3, 0.4) is 0 Å². The van der Waals surface area contributed by atoms with Crippen molar-refractivity contribution in [1.29, 1.82) is 0 Å². The molecule has 1 nitrogen and oxygen atoms in total. The van der Waals surface area contributed by atoms with Gasteiger partial charge in [-0.15, -0.1) is 6.58 Å². The van der Waals surface area contributed by atoms with Crippen molar-refractivity contribution in [2.24, 2.45) is 17.8 Å². The number of benzene rings is 3. The molecule has 1 saturated carbocycles. The predicted molar refractivity (Wildman–Crippen MR) is 159 cm³/mol. The van der Waals surface area contributed by atoms with Gasteiger partial charge in [-0.05, 0) is 110 Å². The van der Waals surface area contributed by atoms with Gasteiger partial charge in [0.2, 0.25) is 5.82 Å². The van der Waals surface area contributed by atoms with E-state index >= 15 is 4.39 Å². The molecular formula is C36H39F3O. The Morgan fingerprint density at radius 1 is 0.800 bits per heavy atom. The van der Waals surface area contributed by atoms with Crippen LogP contribution in [-0.4, -0.2) is 6.61 Å². The molecule has 0 N–H and O–H groups in total. The van der Waals surface area contributed by atoms with Crippen LogP contribution in [0.2, 0.25) is 0 Å². The Kier molecular flexibility index (Phi) is 9.14. The highest BCUT2D eigenvalue weighted by Gasteiger charge is 2.29. The summed E-state index contributed by atoms with van der Waals surface area (Å²) in [6.45, 7) is 5.84. The molecule has 2 aliphatic carbocycles. The molecule has 0 aromatic heterocycles. The van der Waals surface area contributed by atoms with Gasteiger partial charge >= 0.3 is 0 Å². The Hall–Kier alpha value is -3.27. The topological polar surface area (TPSA) is 9.23 Å². The second-order valence-electron chi connectivity index (χ2n) is 11.4. The van der Waals surface area contributed by atoms with E-state index in [0.717, 1.165) is 60.1 Å². The van der Waals surface area contributed by atoms with E-state index in [1.54, 1.807) is 25.1 Å². The van der Waals surface area contributed by atoms with Crippen molar-refractivity contribution in [2.45, 2.75) is 64.7 Å². The van der Waals surface area contributed by atoms with Crippen molar-refractivity contribution in [2.75, 3.05) is 6.61 Å². The van der Waals surface area contributed by atoms with Crippen molar-refractivity contribution in [1.82, 2.24) is 0 Å². The van der Waals surface area contributed by atoms with Crippen molar-refractivity contribution >= 4 is 5.57 Å². The van der Waals surface area contributed by atoms with Gasteiger partial charge in [0.25, 0.3) is 0 Å². The van der Waals surface area contributed by atoms with Crippen molar-refractivity contribution in [3.63, 3.8) is 0 Å². The van der Waals surface area contributed by atoms with Crippen LogP contribution in [0.4, 0.5) is 13.2 Å². The van der Waals surface area contributed by atoms with Gasteiger partial charge in [-0.1, -0.05) is 61.4 Å². The third-order valence-corrected chi connectivity index (χ3v) is 8.98. The normalized spacial score (nSPS) is 21.1. The standard InChI is InChI=1S/C36H39F3O/c1-3-5-6-24-7-9-25(10-8-24)26-11-15-28(16-12-26)31-20-19-30(23-33(31)37)27-13-17-29(18-14-27)32-21-22-34(40-4-2)36(39)35(32)38/h3,13-15,17-26H,1,4-12,16H2,2H3. The van der Waals surface area contributed by atoms with Gasteiger partial charge in [0.15, 0.2) is 11.6 Å². The molecule has 40 heavy (non-hydrogen) atoms. The lowest BCUT2D eigenvalue weighted by Crippen LogP contribution is -2.23. The number of halogens is 3. The fourth-order valence-electron chi connectivity index (χ4n) is 6.65. The number of hydrogen-bond donors (Lipinski definition) is 0. The molecule has 1 atom stereocenters. The average Bonchev–Trinajstić information content (AvgIpc) is 2.99. The highest BCUT2D eigenvalue weighted by Crippen LogP contribution is 2.42. The maximum Gasteiger partial charge on any atom is 0.201 e. The van der Waals surface area contributed by atoms with E-state index < -0.39 is 11.6 Å². The van der Waals surface area contributed by atoms with Gasteiger partial charge < -0.3 is 4.74 Å². The molecule has 1 fully saturated rings. The van der Waals surface area contributed by atoms with Gasteiger partial charge in [0.05, 0.1) is 6.61 Å². The van der Waals surface area contributed by atoms with E-state index in [0.29, 0.717) is 11.1 Å². The van der Waals surface area contributed by atoms with Gasteiger partial charge in [0.1, 0.15) is 5.82 Å². The third-order valence-electron chi connectivity index (χ3n) is 8.98. The van der Waals surface area contributed by atoms with E-state index in [4.69, 9.17) is 4.74 Å². The van der Waals surface area contributed by atoms with Crippen molar-refractivity contribution < 1.29 is 17.9 Å². The zero-order valence-electron chi connectivity index (χ0n) is 23.4. The van der Waals surface area contributed by atoms with E-state index in [1.165, 1.54) is 44.2 Å². The van der Waals surface area contributed by atoms with Crippen LogP contribution in [0.15, 0.2) is 73.3 Å². The molecule has 0 saturated heterocycles. The van der Waals surface area contributed by atoms with Crippen molar-refractivity contribution in [3.8, 4) is 28.0 Å². The first-order valence-corrected chi connectivity index (χ1v) is 14.8. The second-order valence-corrected chi connectivity index (χ2v) is 11.4. The summed E-state index contributed by atoms with van der Waals surface area (Å²) in [6, 6.07) is 15.5. The molecular weight excluding hydrogens is 505 g/mol. The third kappa shape index (κ3) is 6.22. The predicted octanol–water partition coefficient (Wildman–Crippen LogP) is 10.8. The molecule has 3 aromatic rings. The summed E-state index contributed by atoms with van der Waals surface area (Å²) in [4.78, 5) is 0. The lowest BCUT2D eigenvalue weighted by Gasteiger charge is -2.35. The fraction of sp³-hybridized carbons (Fsp3) is 0.389. The molecule has 2 aliphatic rings. The van der Waals surface area contributed by atoms with E-state index in [9.17, 15) is 8.78 Å². The summed E-state index contributed by atoms with van der Waals surface area (Å²) in [6.07, 6.45) is 15.2. The molecule has 5 rings (SSSR count). The minimum Gasteiger partial charge on any atom is -0.491 e. The summed E-state index contributed by atoms with van der Waals surface area (Å²) in [7, 11) is 0. The molecule has 4 heteroatoms. The SMILES string of the molecule is C=CCCC1CCC(C2CC=C(c3ccc(-c4ccc(-c5ccc(OCC)c(F)c5F)cc4)cc3F)CC2)CC1. The highest BCUT2D eigenvalue weighted by atomic mass is 19.2. The zero-order chi connectivity index (χ0) is 28.1. The molecule has 210 valence electrons. The number of hydrogen-bond acceptors (Lipinski definition) is 1. The average molecular weight is 545 g/mol. The van der Waals surface area contributed by atoms with Crippen LogP contribution in [0.1, 0.15) is 70.3 Å². The molecule has 0 radical (unpaired) electrons. The smallest absolute Gasteiger partial charge is 0.201 e.